The Balaban J connectivity index is 3.48. The van der Waals surface area contributed by atoms with Gasteiger partial charge >= 0.3 is 12.3 Å². The molecular weight excluding hydrogens is 238 g/mol. The molecule has 0 aliphatic heterocycles. The molecule has 8 heteroatoms. The number of anilines is 1. The van der Waals surface area contributed by atoms with Crippen LogP contribution < -0.4 is 10.5 Å². The number of nitro groups is 1. The summed E-state index contributed by atoms with van der Waals surface area (Å²) < 4.78 is 28.2. The average molecular weight is 246 g/mol. The molecule has 0 radical (unpaired) electrons. The van der Waals surface area contributed by atoms with Crippen molar-refractivity contribution < 1.29 is 23.2 Å². The highest BCUT2D eigenvalue weighted by Gasteiger charge is 2.28. The van der Waals surface area contributed by atoms with Gasteiger partial charge in [-0.3, -0.25) is 14.9 Å². The largest absolute Gasteiger partial charge is 0.425 e. The Morgan fingerprint density at radius 3 is 2.53 bits per heavy atom. The number of ketones is 1. The number of carbonyl (C=O) groups excluding carboxylic acids is 1. The summed E-state index contributed by atoms with van der Waals surface area (Å²) in [4.78, 5) is 20.9. The van der Waals surface area contributed by atoms with Gasteiger partial charge in [-0.1, -0.05) is 0 Å². The fourth-order valence-electron chi connectivity index (χ4n) is 1.27. The lowest BCUT2D eigenvalue weighted by Crippen LogP contribution is -2.10. The highest BCUT2D eigenvalue weighted by atomic mass is 19.3. The summed E-state index contributed by atoms with van der Waals surface area (Å²) in [5.74, 6) is -1.44. The number of nitrogen functional groups attached to an aromatic ring is 1. The first kappa shape index (κ1) is 12.8. The lowest BCUT2D eigenvalue weighted by molar-refractivity contribution is -0.386. The van der Waals surface area contributed by atoms with Crippen LogP contribution in [0.2, 0.25) is 0 Å². The van der Waals surface area contributed by atoms with E-state index in [0.29, 0.717) is 0 Å². The number of benzene rings is 1. The normalized spacial score (nSPS) is 10.4. The number of nitrogens with zero attached hydrogens (tertiary/aromatic N) is 1. The standard InChI is InChI=1S/C9H8F2N2O4/c1-4(14)5-2-3-6(12)8(17-9(10)11)7(5)13(15)16/h2-3,9H,12H2,1H3. The van der Waals surface area contributed by atoms with Gasteiger partial charge in [0.25, 0.3) is 0 Å². The molecule has 0 atom stereocenters. The molecule has 6 nitrogen and oxygen atoms in total. The van der Waals surface area contributed by atoms with E-state index in [-0.39, 0.29) is 11.3 Å². The second kappa shape index (κ2) is 4.73. The first-order valence-corrected chi connectivity index (χ1v) is 4.37. The van der Waals surface area contributed by atoms with Gasteiger partial charge in [0.1, 0.15) is 0 Å². The third-order valence-electron chi connectivity index (χ3n) is 1.93. The smallest absolute Gasteiger partial charge is 0.387 e. The Hall–Kier alpha value is -2.25. The Morgan fingerprint density at radius 1 is 1.53 bits per heavy atom. The number of hydrogen-bond acceptors (Lipinski definition) is 5. The minimum atomic E-state index is -3.27. The summed E-state index contributed by atoms with van der Waals surface area (Å²) >= 11 is 0. The van der Waals surface area contributed by atoms with Crippen LogP contribution >= 0.6 is 0 Å². The second-order valence-corrected chi connectivity index (χ2v) is 3.07. The van der Waals surface area contributed by atoms with Crippen molar-refractivity contribution in [2.75, 3.05) is 5.73 Å². The number of Topliss-reactive ketones (excluding diaryl/α,β-unsaturated/α-hetero) is 1. The Kier molecular flexibility index (Phi) is 3.56. The molecule has 0 aliphatic rings. The number of ether oxygens (including phenoxy) is 1. The van der Waals surface area contributed by atoms with Crippen molar-refractivity contribution >= 4 is 17.2 Å². The summed E-state index contributed by atoms with van der Waals surface area (Å²) in [7, 11) is 0. The van der Waals surface area contributed by atoms with E-state index in [1.807, 2.05) is 0 Å². The van der Waals surface area contributed by atoms with Crippen LogP contribution in [0.1, 0.15) is 17.3 Å². The van der Waals surface area contributed by atoms with Crippen molar-refractivity contribution in [1.82, 2.24) is 0 Å². The second-order valence-electron chi connectivity index (χ2n) is 3.07. The van der Waals surface area contributed by atoms with Crippen molar-refractivity contribution in [3.8, 4) is 5.75 Å². The number of nitrogens with two attached hydrogens (primary N) is 1. The molecule has 0 unspecified atom stereocenters. The van der Waals surface area contributed by atoms with Crippen LogP contribution in [0.25, 0.3) is 0 Å². The Labute approximate surface area is 94.1 Å². The van der Waals surface area contributed by atoms with Crippen molar-refractivity contribution in [1.29, 1.82) is 0 Å². The molecule has 0 saturated carbocycles. The molecule has 0 spiro atoms. The van der Waals surface area contributed by atoms with E-state index in [1.165, 1.54) is 0 Å². The molecule has 1 aromatic rings. The van der Waals surface area contributed by atoms with Gasteiger partial charge in [-0.2, -0.15) is 8.78 Å². The SMILES string of the molecule is CC(=O)c1ccc(N)c(OC(F)F)c1[N+](=O)[O-]. The Bertz CT molecular complexity index is 476. The van der Waals surface area contributed by atoms with Gasteiger partial charge in [0.15, 0.2) is 5.78 Å². The van der Waals surface area contributed by atoms with Crippen LogP contribution in [-0.2, 0) is 0 Å². The van der Waals surface area contributed by atoms with E-state index in [0.717, 1.165) is 19.1 Å². The van der Waals surface area contributed by atoms with Crippen LogP contribution in [0.3, 0.4) is 0 Å². The van der Waals surface area contributed by atoms with Crippen LogP contribution in [0.4, 0.5) is 20.2 Å². The molecule has 0 aliphatic carbocycles. The fourth-order valence-corrected chi connectivity index (χ4v) is 1.27. The van der Waals surface area contributed by atoms with Crippen molar-refractivity contribution in [2.45, 2.75) is 13.5 Å². The van der Waals surface area contributed by atoms with Gasteiger partial charge in [0.05, 0.1) is 16.2 Å². The lowest BCUT2D eigenvalue weighted by atomic mass is 10.1. The summed E-state index contributed by atoms with van der Waals surface area (Å²) in [6.07, 6.45) is 0. The average Bonchev–Trinajstić information content (AvgIpc) is 2.19. The molecule has 0 heterocycles. The van der Waals surface area contributed by atoms with E-state index in [1.54, 1.807) is 0 Å². The molecule has 17 heavy (non-hydrogen) atoms. The molecule has 1 rings (SSSR count). The fraction of sp³-hybridized carbons (Fsp3) is 0.222. The molecule has 92 valence electrons. The molecule has 2 N–H and O–H groups in total. The summed E-state index contributed by atoms with van der Waals surface area (Å²) in [6.45, 7) is -2.19. The first-order chi connectivity index (χ1) is 7.84. The molecule has 0 fully saturated rings. The first-order valence-electron chi connectivity index (χ1n) is 4.37. The highest BCUT2D eigenvalue weighted by Crippen LogP contribution is 2.37. The van der Waals surface area contributed by atoms with Gasteiger partial charge in [-0.05, 0) is 19.1 Å². The number of alkyl halides is 2. The maximum Gasteiger partial charge on any atom is 0.387 e. The monoisotopic (exact) mass is 246 g/mol. The number of rotatable bonds is 4. The van der Waals surface area contributed by atoms with Crippen molar-refractivity contribution in [3.05, 3.63) is 27.8 Å². The minimum Gasteiger partial charge on any atom is -0.425 e. The van der Waals surface area contributed by atoms with E-state index >= 15 is 0 Å². The predicted molar refractivity (Wildman–Crippen MR) is 54.1 cm³/mol. The summed E-state index contributed by atoms with van der Waals surface area (Å²) in [6, 6.07) is 2.19. The van der Waals surface area contributed by atoms with Gasteiger partial charge in [0.2, 0.25) is 5.75 Å². The molecular formula is C9H8F2N2O4. The van der Waals surface area contributed by atoms with Crippen LogP contribution in [-0.4, -0.2) is 17.3 Å². The number of carbonyl (C=O) groups is 1. The number of hydrogen-bond donors (Lipinski definition) is 1. The zero-order chi connectivity index (χ0) is 13.2. The van der Waals surface area contributed by atoms with Gasteiger partial charge in [-0.25, -0.2) is 0 Å². The van der Waals surface area contributed by atoms with Crippen LogP contribution in [0.15, 0.2) is 12.1 Å². The topological polar surface area (TPSA) is 95.5 Å². The highest BCUT2D eigenvalue weighted by molar-refractivity contribution is 6.00. The predicted octanol–water partition coefficient (Wildman–Crippen LogP) is 1.98. The van der Waals surface area contributed by atoms with Gasteiger partial charge < -0.3 is 10.5 Å². The number of halogens is 2. The summed E-state index contributed by atoms with van der Waals surface area (Å²) in [5, 5.41) is 10.8. The molecule has 0 saturated heterocycles. The zero-order valence-electron chi connectivity index (χ0n) is 8.65. The Morgan fingerprint density at radius 2 is 2.12 bits per heavy atom. The molecule has 0 aromatic heterocycles. The lowest BCUT2D eigenvalue weighted by Gasteiger charge is -2.09. The van der Waals surface area contributed by atoms with Crippen LogP contribution in [0, 0.1) is 10.1 Å². The zero-order valence-corrected chi connectivity index (χ0v) is 8.65. The maximum absolute atomic E-state index is 12.1. The third-order valence-corrected chi connectivity index (χ3v) is 1.93. The number of nitro benzene ring substituents is 1. The van der Waals surface area contributed by atoms with Gasteiger partial charge in [-0.15, -0.1) is 0 Å². The maximum atomic E-state index is 12.1. The van der Waals surface area contributed by atoms with E-state index in [2.05, 4.69) is 4.74 Å². The molecule has 0 bridgehead atoms. The van der Waals surface area contributed by atoms with Crippen molar-refractivity contribution in [2.24, 2.45) is 0 Å². The summed E-state index contributed by atoms with van der Waals surface area (Å²) in [5.41, 5.74) is 3.79. The van der Waals surface area contributed by atoms with Crippen molar-refractivity contribution in [3.63, 3.8) is 0 Å². The minimum absolute atomic E-state index is 0.331. The van der Waals surface area contributed by atoms with Gasteiger partial charge in [0, 0.05) is 0 Å². The van der Waals surface area contributed by atoms with E-state index in [9.17, 15) is 23.7 Å². The molecule has 0 amide bonds. The third kappa shape index (κ3) is 2.65. The van der Waals surface area contributed by atoms with Crippen LogP contribution in [0.5, 0.6) is 5.75 Å². The van der Waals surface area contributed by atoms with E-state index in [4.69, 9.17) is 5.73 Å². The van der Waals surface area contributed by atoms with E-state index < -0.39 is 28.8 Å². The quantitative estimate of drug-likeness (QED) is 0.379. The molecule has 1 aromatic carbocycles.